The first kappa shape index (κ1) is 22.5. The largest absolute Gasteiger partial charge is 0.323 e. The van der Waals surface area contributed by atoms with Crippen molar-refractivity contribution in [1.82, 2.24) is 9.55 Å². The Morgan fingerprint density at radius 2 is 1.63 bits per heavy atom. The van der Waals surface area contributed by atoms with Crippen LogP contribution in [-0.2, 0) is 0 Å². The van der Waals surface area contributed by atoms with E-state index in [0.29, 0.717) is 17.5 Å². The third-order valence-electron chi connectivity index (χ3n) is 6.69. The molecule has 0 saturated heterocycles. The number of Topliss-reactive ketones (excluding diaryl/α,β-unsaturated/α-hetero) is 1. The number of fused-ring (bicyclic) bond motifs is 1. The van der Waals surface area contributed by atoms with Gasteiger partial charge in [-0.25, -0.2) is 4.98 Å². The minimum atomic E-state index is -0.195. The molecule has 3 aromatic carbocycles. The molecule has 1 aromatic heterocycles. The van der Waals surface area contributed by atoms with E-state index in [4.69, 9.17) is 0 Å². The van der Waals surface area contributed by atoms with Crippen LogP contribution in [0.15, 0.2) is 85.3 Å². The van der Waals surface area contributed by atoms with Crippen LogP contribution in [0.2, 0.25) is 0 Å². The van der Waals surface area contributed by atoms with Crippen molar-refractivity contribution in [2.24, 2.45) is 0 Å². The summed E-state index contributed by atoms with van der Waals surface area (Å²) in [5.74, 6) is -0.168. The minimum absolute atomic E-state index is 0.0270. The van der Waals surface area contributed by atoms with Crippen molar-refractivity contribution >= 4 is 28.5 Å². The van der Waals surface area contributed by atoms with Gasteiger partial charge in [-0.2, -0.15) is 0 Å². The molecule has 1 atom stereocenters. The molecule has 0 saturated carbocycles. The van der Waals surface area contributed by atoms with Crippen molar-refractivity contribution in [3.8, 4) is 0 Å². The highest BCUT2D eigenvalue weighted by Gasteiger charge is 2.31. The van der Waals surface area contributed by atoms with Crippen molar-refractivity contribution in [2.45, 2.75) is 33.2 Å². The molecule has 1 N–H and O–H groups in total. The summed E-state index contributed by atoms with van der Waals surface area (Å²) >= 11 is 0. The number of hydrogen-bond donors (Lipinski definition) is 1. The molecule has 4 aromatic rings. The van der Waals surface area contributed by atoms with Crippen molar-refractivity contribution in [1.29, 1.82) is 0 Å². The molecule has 5 nitrogen and oxygen atoms in total. The number of anilines is 1. The number of nitrogens with one attached hydrogen (secondary N) is 1. The molecular formula is C30H27N3O2. The molecule has 174 valence electrons. The van der Waals surface area contributed by atoms with Crippen LogP contribution >= 0.6 is 0 Å². The van der Waals surface area contributed by atoms with Crippen molar-refractivity contribution in [2.75, 3.05) is 5.32 Å². The van der Waals surface area contributed by atoms with Gasteiger partial charge < -0.3 is 9.88 Å². The minimum Gasteiger partial charge on any atom is -0.323 e. The van der Waals surface area contributed by atoms with Crippen LogP contribution in [0.4, 0.5) is 5.69 Å². The van der Waals surface area contributed by atoms with E-state index < -0.39 is 0 Å². The molecule has 5 heteroatoms. The highest BCUT2D eigenvalue weighted by molar-refractivity contribution is 6.06. The van der Waals surface area contributed by atoms with Crippen LogP contribution in [0.5, 0.6) is 0 Å². The molecule has 0 spiro atoms. The molecule has 0 fully saturated rings. The zero-order chi connectivity index (χ0) is 24.5. The van der Waals surface area contributed by atoms with E-state index in [0.717, 1.165) is 39.2 Å². The Morgan fingerprint density at radius 3 is 2.34 bits per heavy atom. The van der Waals surface area contributed by atoms with Gasteiger partial charge in [0, 0.05) is 23.2 Å². The van der Waals surface area contributed by atoms with Gasteiger partial charge in [0.15, 0.2) is 5.78 Å². The quantitative estimate of drug-likeness (QED) is 0.333. The third-order valence-corrected chi connectivity index (χ3v) is 6.69. The molecule has 1 aliphatic heterocycles. The van der Waals surface area contributed by atoms with Crippen LogP contribution in [0.1, 0.15) is 62.5 Å². The van der Waals surface area contributed by atoms with E-state index in [-0.39, 0.29) is 17.7 Å². The number of carbonyl (C=O) groups excluding carboxylic acids is 2. The van der Waals surface area contributed by atoms with Crippen molar-refractivity contribution < 1.29 is 9.59 Å². The lowest BCUT2D eigenvalue weighted by Gasteiger charge is -2.18. The van der Waals surface area contributed by atoms with E-state index in [1.165, 1.54) is 0 Å². The maximum atomic E-state index is 13.3. The molecule has 2 heterocycles. The number of allylic oxidation sites excluding steroid dienone is 2. The van der Waals surface area contributed by atoms with Crippen LogP contribution in [-0.4, -0.2) is 21.2 Å². The van der Waals surface area contributed by atoms with Gasteiger partial charge in [0.05, 0.1) is 24.3 Å². The van der Waals surface area contributed by atoms with Gasteiger partial charge in [0.2, 0.25) is 0 Å². The first-order chi connectivity index (χ1) is 16.9. The average molecular weight is 462 g/mol. The second-order valence-electron chi connectivity index (χ2n) is 9.08. The van der Waals surface area contributed by atoms with E-state index in [1.54, 1.807) is 30.6 Å². The second kappa shape index (κ2) is 9.18. The van der Waals surface area contributed by atoms with Crippen LogP contribution in [0.3, 0.4) is 0 Å². The summed E-state index contributed by atoms with van der Waals surface area (Å²) < 4.78 is 2.08. The van der Waals surface area contributed by atoms with Crippen LogP contribution in [0, 0.1) is 13.8 Å². The molecule has 1 aliphatic rings. The third kappa shape index (κ3) is 4.33. The van der Waals surface area contributed by atoms with Crippen molar-refractivity contribution in [3.05, 3.63) is 119 Å². The number of nitrogens with zero attached hydrogens (tertiary/aromatic N) is 2. The number of aryl methyl sites for hydroxylation is 2. The van der Waals surface area contributed by atoms with Gasteiger partial charge in [0.25, 0.3) is 5.91 Å². The summed E-state index contributed by atoms with van der Waals surface area (Å²) in [6.45, 7) is 6.08. The predicted octanol–water partition coefficient (Wildman–Crippen LogP) is 6.51. The first-order valence-electron chi connectivity index (χ1n) is 11.7. The average Bonchev–Trinajstić information content (AvgIpc) is 3.44. The lowest BCUT2D eigenvalue weighted by atomic mass is 9.91. The number of benzene rings is 3. The molecule has 0 radical (unpaired) electrons. The summed E-state index contributed by atoms with van der Waals surface area (Å²) in [5, 5.41) is 2.96. The van der Waals surface area contributed by atoms with Crippen LogP contribution in [0.25, 0.3) is 11.1 Å². The fourth-order valence-corrected chi connectivity index (χ4v) is 4.85. The Labute approximate surface area is 205 Å². The first-order valence-corrected chi connectivity index (χ1v) is 11.7. The Hall–Kier alpha value is -4.25. The standard InChI is InChI=1S/C30H27N3O2/c1-19-9-14-25(20(2)15-19)32-30(35)24-12-10-22(11-13-24)28(34)16-26-29(23-7-5-4-6-8-23)21(3)27-17-31-18-33(26)27/h4-15,17-18,26H,16H2,1-3H3,(H,32,35). The van der Waals surface area contributed by atoms with Gasteiger partial charge in [-0.3, -0.25) is 9.59 Å². The SMILES string of the molecule is CC1=C(c2ccccc2)C(CC(=O)c2ccc(C(=O)Nc3ccc(C)cc3C)cc2)n2cncc21. The number of aromatic nitrogens is 2. The molecule has 0 aliphatic carbocycles. The lowest BCUT2D eigenvalue weighted by molar-refractivity contribution is 0.0970. The number of rotatable bonds is 6. The number of imidazole rings is 1. The number of hydrogen-bond acceptors (Lipinski definition) is 3. The van der Waals surface area contributed by atoms with Gasteiger partial charge in [-0.05, 0) is 61.2 Å². The maximum Gasteiger partial charge on any atom is 0.255 e. The fourth-order valence-electron chi connectivity index (χ4n) is 4.85. The Kier molecular flexibility index (Phi) is 5.91. The predicted molar refractivity (Wildman–Crippen MR) is 139 cm³/mol. The number of carbonyl (C=O) groups is 2. The molecule has 1 amide bonds. The highest BCUT2D eigenvalue weighted by Crippen LogP contribution is 2.44. The van der Waals surface area contributed by atoms with Crippen molar-refractivity contribution in [3.63, 3.8) is 0 Å². The zero-order valence-electron chi connectivity index (χ0n) is 20.1. The smallest absolute Gasteiger partial charge is 0.255 e. The van der Waals surface area contributed by atoms with E-state index >= 15 is 0 Å². The summed E-state index contributed by atoms with van der Waals surface area (Å²) in [7, 11) is 0. The Morgan fingerprint density at radius 1 is 0.914 bits per heavy atom. The zero-order valence-corrected chi connectivity index (χ0v) is 20.1. The van der Waals surface area contributed by atoms with Gasteiger partial charge in [0.1, 0.15) is 0 Å². The molecule has 0 bridgehead atoms. The molecule has 1 unspecified atom stereocenters. The number of ketones is 1. The maximum absolute atomic E-state index is 13.3. The topological polar surface area (TPSA) is 64.0 Å². The summed E-state index contributed by atoms with van der Waals surface area (Å²) in [4.78, 5) is 30.4. The van der Waals surface area contributed by atoms with Gasteiger partial charge in [-0.15, -0.1) is 0 Å². The van der Waals surface area contributed by atoms with E-state index in [9.17, 15) is 9.59 Å². The normalized spacial score (nSPS) is 14.7. The summed E-state index contributed by atoms with van der Waals surface area (Å²) in [5.41, 5.74) is 8.50. The van der Waals surface area contributed by atoms with Crippen LogP contribution < -0.4 is 5.32 Å². The monoisotopic (exact) mass is 461 g/mol. The summed E-state index contributed by atoms with van der Waals surface area (Å²) in [6.07, 6.45) is 3.97. The molecule has 5 rings (SSSR count). The summed E-state index contributed by atoms with van der Waals surface area (Å²) in [6, 6.07) is 22.9. The second-order valence-corrected chi connectivity index (χ2v) is 9.08. The lowest BCUT2D eigenvalue weighted by Crippen LogP contribution is -2.14. The van der Waals surface area contributed by atoms with Gasteiger partial charge >= 0.3 is 0 Å². The Balaban J connectivity index is 1.34. The number of amides is 1. The molecular weight excluding hydrogens is 434 g/mol. The molecule has 35 heavy (non-hydrogen) atoms. The van der Waals surface area contributed by atoms with Gasteiger partial charge in [-0.1, -0.05) is 60.2 Å². The fraction of sp³-hybridized carbons (Fsp3) is 0.167. The van der Waals surface area contributed by atoms with E-state index in [2.05, 4.69) is 33.9 Å². The Bertz CT molecular complexity index is 1450. The highest BCUT2D eigenvalue weighted by atomic mass is 16.1. The van der Waals surface area contributed by atoms with E-state index in [1.807, 2.05) is 56.4 Å².